The molecule has 2 aromatic rings. The van der Waals surface area contributed by atoms with Crippen LogP contribution in [0.1, 0.15) is 37.9 Å². The number of carbonyl (C=O) groups is 6. The van der Waals surface area contributed by atoms with E-state index in [0.29, 0.717) is 6.54 Å². The van der Waals surface area contributed by atoms with Gasteiger partial charge in [0.15, 0.2) is 11.5 Å². The number of esters is 2. The van der Waals surface area contributed by atoms with Crippen molar-refractivity contribution in [1.82, 2.24) is 20.4 Å². The Morgan fingerprint density at radius 1 is 0.895 bits per heavy atom. The molecule has 0 bridgehead atoms. The van der Waals surface area contributed by atoms with E-state index in [9.17, 15) is 28.8 Å². The summed E-state index contributed by atoms with van der Waals surface area (Å²) in [6.07, 6.45) is 0. The summed E-state index contributed by atoms with van der Waals surface area (Å²) in [4.78, 5) is 76.3. The summed E-state index contributed by atoms with van der Waals surface area (Å²) >= 11 is 0. The zero-order valence-electron chi connectivity index (χ0n) is 21.2. The minimum atomic E-state index is -1.36. The molecule has 0 aromatic heterocycles. The summed E-state index contributed by atoms with van der Waals surface area (Å²) in [5.74, 6) is -4.05. The molecule has 12 heteroatoms. The summed E-state index contributed by atoms with van der Waals surface area (Å²) in [6, 6.07) is 10.7. The Morgan fingerprint density at radius 2 is 1.55 bits per heavy atom. The Morgan fingerprint density at radius 3 is 2.18 bits per heavy atom. The van der Waals surface area contributed by atoms with Crippen LogP contribution in [0.3, 0.4) is 0 Å². The van der Waals surface area contributed by atoms with E-state index >= 15 is 0 Å². The van der Waals surface area contributed by atoms with Gasteiger partial charge in [0.25, 0.3) is 0 Å². The van der Waals surface area contributed by atoms with Crippen molar-refractivity contribution in [2.75, 3.05) is 19.6 Å². The van der Waals surface area contributed by atoms with E-state index in [1.165, 1.54) is 30.0 Å². The number of likely N-dealkylation sites (N-methyl/N-ethyl adjacent to an activating group) is 1. The molecular formula is C26H28N4O8. The second-order valence-corrected chi connectivity index (χ2v) is 8.32. The zero-order chi connectivity index (χ0) is 27.8. The smallest absolute Gasteiger partial charge is 0.325 e. The SMILES string of the molecule is CCN1CCN(C(=O)NC(C(=O)NCc2ccccc2)c2ccc(OC(C)=O)c(OC(C)=O)c2)C(=O)C1=O. The molecule has 12 nitrogen and oxygen atoms in total. The van der Waals surface area contributed by atoms with E-state index in [0.717, 1.165) is 17.4 Å². The molecule has 1 aliphatic rings. The van der Waals surface area contributed by atoms with Gasteiger partial charge in [-0.1, -0.05) is 36.4 Å². The van der Waals surface area contributed by atoms with Crippen LogP contribution in [0.2, 0.25) is 0 Å². The number of urea groups is 1. The van der Waals surface area contributed by atoms with Gasteiger partial charge in [-0.15, -0.1) is 0 Å². The molecule has 0 radical (unpaired) electrons. The number of nitrogens with one attached hydrogen (secondary N) is 2. The van der Waals surface area contributed by atoms with Gasteiger partial charge >= 0.3 is 29.8 Å². The first-order valence-electron chi connectivity index (χ1n) is 11.8. The number of imide groups is 1. The van der Waals surface area contributed by atoms with Crippen molar-refractivity contribution in [3.63, 3.8) is 0 Å². The van der Waals surface area contributed by atoms with Gasteiger partial charge < -0.3 is 25.0 Å². The lowest BCUT2D eigenvalue weighted by atomic mass is 10.0. The fraction of sp³-hybridized carbons (Fsp3) is 0.308. The van der Waals surface area contributed by atoms with Gasteiger partial charge in [-0.05, 0) is 30.2 Å². The molecular weight excluding hydrogens is 496 g/mol. The van der Waals surface area contributed by atoms with E-state index in [1.807, 2.05) is 6.07 Å². The number of ether oxygens (including phenoxy) is 2. The Labute approximate surface area is 218 Å². The fourth-order valence-electron chi connectivity index (χ4n) is 3.74. The van der Waals surface area contributed by atoms with Crippen molar-refractivity contribution in [2.24, 2.45) is 0 Å². The lowest BCUT2D eigenvalue weighted by molar-refractivity contribution is -0.153. The first-order chi connectivity index (χ1) is 18.1. The van der Waals surface area contributed by atoms with Crippen LogP contribution < -0.4 is 20.1 Å². The molecule has 1 unspecified atom stereocenters. The molecule has 1 saturated heterocycles. The Kier molecular flexibility index (Phi) is 9.14. The van der Waals surface area contributed by atoms with Gasteiger partial charge in [-0.2, -0.15) is 0 Å². The number of nitrogens with zero attached hydrogens (tertiary/aromatic N) is 2. The maximum Gasteiger partial charge on any atom is 0.325 e. The minimum Gasteiger partial charge on any atom is -0.423 e. The highest BCUT2D eigenvalue weighted by Crippen LogP contribution is 2.31. The van der Waals surface area contributed by atoms with Crippen LogP contribution in [0.25, 0.3) is 0 Å². The van der Waals surface area contributed by atoms with Crippen LogP contribution in [0, 0.1) is 0 Å². The molecule has 2 aromatic carbocycles. The van der Waals surface area contributed by atoms with Crippen molar-refractivity contribution < 1.29 is 38.2 Å². The molecule has 1 heterocycles. The summed E-state index contributed by atoms with van der Waals surface area (Å²) in [6.45, 7) is 4.60. The van der Waals surface area contributed by atoms with Crippen LogP contribution in [0.5, 0.6) is 11.5 Å². The highest BCUT2D eigenvalue weighted by molar-refractivity contribution is 6.38. The average Bonchev–Trinajstić information content (AvgIpc) is 2.88. The molecule has 3 rings (SSSR count). The molecule has 38 heavy (non-hydrogen) atoms. The third kappa shape index (κ3) is 6.93. The summed E-state index contributed by atoms with van der Waals surface area (Å²) in [5, 5.41) is 5.22. The lowest BCUT2D eigenvalue weighted by Crippen LogP contribution is -2.59. The Hall–Kier alpha value is -4.74. The van der Waals surface area contributed by atoms with Crippen LogP contribution in [0.4, 0.5) is 4.79 Å². The third-order valence-electron chi connectivity index (χ3n) is 5.58. The molecule has 2 N–H and O–H groups in total. The quantitative estimate of drug-likeness (QED) is 0.298. The number of hydrogen-bond acceptors (Lipinski definition) is 8. The summed E-state index contributed by atoms with van der Waals surface area (Å²) in [7, 11) is 0. The van der Waals surface area contributed by atoms with E-state index in [4.69, 9.17) is 9.47 Å². The van der Waals surface area contributed by atoms with Gasteiger partial charge in [0.05, 0.1) is 0 Å². The monoisotopic (exact) mass is 524 g/mol. The summed E-state index contributed by atoms with van der Waals surface area (Å²) in [5.41, 5.74) is 0.968. The number of amides is 5. The Balaban J connectivity index is 1.91. The summed E-state index contributed by atoms with van der Waals surface area (Å²) < 4.78 is 10.2. The van der Waals surface area contributed by atoms with Crippen LogP contribution >= 0.6 is 0 Å². The van der Waals surface area contributed by atoms with E-state index < -0.39 is 41.7 Å². The first kappa shape index (κ1) is 27.8. The van der Waals surface area contributed by atoms with Gasteiger partial charge in [-0.25, -0.2) is 4.79 Å². The molecule has 0 spiro atoms. The van der Waals surface area contributed by atoms with Crippen molar-refractivity contribution in [3.8, 4) is 11.5 Å². The van der Waals surface area contributed by atoms with Crippen molar-refractivity contribution in [3.05, 3.63) is 59.7 Å². The number of piperazine rings is 1. The van der Waals surface area contributed by atoms with Crippen LogP contribution in [0.15, 0.2) is 48.5 Å². The molecule has 1 aliphatic heterocycles. The topological polar surface area (TPSA) is 151 Å². The number of benzene rings is 2. The molecule has 0 aliphatic carbocycles. The largest absolute Gasteiger partial charge is 0.423 e. The number of hydrogen-bond donors (Lipinski definition) is 2. The zero-order valence-corrected chi connectivity index (χ0v) is 21.2. The van der Waals surface area contributed by atoms with E-state index in [1.54, 1.807) is 31.2 Å². The molecule has 200 valence electrons. The third-order valence-corrected chi connectivity index (χ3v) is 5.58. The molecule has 1 atom stereocenters. The molecule has 1 fully saturated rings. The maximum atomic E-state index is 13.3. The van der Waals surface area contributed by atoms with E-state index in [-0.39, 0.29) is 36.7 Å². The van der Waals surface area contributed by atoms with Crippen molar-refractivity contribution in [1.29, 1.82) is 0 Å². The highest BCUT2D eigenvalue weighted by atomic mass is 16.6. The van der Waals surface area contributed by atoms with Crippen LogP contribution in [-0.4, -0.2) is 65.1 Å². The number of carbonyl (C=O) groups excluding carboxylic acids is 6. The van der Waals surface area contributed by atoms with Gasteiger partial charge in [0.2, 0.25) is 5.91 Å². The van der Waals surface area contributed by atoms with Crippen LogP contribution in [-0.2, 0) is 30.5 Å². The minimum absolute atomic E-state index is 0.0489. The predicted octanol–water partition coefficient (Wildman–Crippen LogP) is 1.29. The van der Waals surface area contributed by atoms with Crippen molar-refractivity contribution in [2.45, 2.75) is 33.4 Å². The second-order valence-electron chi connectivity index (χ2n) is 8.32. The second kappa shape index (κ2) is 12.5. The maximum absolute atomic E-state index is 13.3. The first-order valence-corrected chi connectivity index (χ1v) is 11.8. The van der Waals surface area contributed by atoms with Crippen molar-refractivity contribution >= 4 is 35.7 Å². The standard InChI is InChI=1S/C26H28N4O8/c1-4-29-12-13-30(25(35)24(29)34)26(36)28-22(23(33)27-15-18-8-6-5-7-9-18)19-10-11-20(37-16(2)31)21(14-19)38-17(3)32/h5-11,14,22H,4,12-13,15H2,1-3H3,(H,27,33)(H,28,36). The van der Waals surface area contributed by atoms with Gasteiger partial charge in [0.1, 0.15) is 6.04 Å². The number of rotatable bonds is 8. The fourth-order valence-corrected chi connectivity index (χ4v) is 3.74. The predicted molar refractivity (Wildman–Crippen MR) is 133 cm³/mol. The van der Waals surface area contributed by atoms with Gasteiger partial charge in [0, 0.05) is 40.0 Å². The molecule has 5 amide bonds. The molecule has 0 saturated carbocycles. The van der Waals surface area contributed by atoms with E-state index in [2.05, 4.69) is 10.6 Å². The van der Waals surface area contributed by atoms with Gasteiger partial charge in [-0.3, -0.25) is 28.9 Å². The Bertz CT molecular complexity index is 1250. The lowest BCUT2D eigenvalue weighted by Gasteiger charge is -2.32. The average molecular weight is 525 g/mol. The highest BCUT2D eigenvalue weighted by Gasteiger charge is 2.37. The normalized spacial score (nSPS) is 14.0.